The number of nitrogens with zero attached hydrogens (tertiary/aromatic N) is 3. The lowest BCUT2D eigenvalue weighted by Crippen LogP contribution is -2.51. The Bertz CT molecular complexity index is 2170. The summed E-state index contributed by atoms with van der Waals surface area (Å²) in [6, 6.07) is 28.7. The standard InChI is InChI=1S/C51H56BN3/c1-10-14-18-23-38(6)54-49(36-39(7)53(43(13-4)25-16-12-3)44-26-19-17-20-27-44)50-41(9)55(45-33-31-42(32-34-45)24-15-11-2)48-29-22-21-28-46(48)52(50)47-35-30-37(5)40(8)51(47)54/h10,12-14,16-23,25-37,40H,1,3,9,11,15,24H2,2,4-8H3/b18-14-,25-16-,38-23+,39-36+,43-13+/t37-,40?/m1/s1. The molecule has 0 fully saturated rings. The Morgan fingerprint density at radius 3 is 2.29 bits per heavy atom. The zero-order valence-electron chi connectivity index (χ0n) is 33.7. The van der Waals surface area contributed by atoms with Crippen molar-refractivity contribution in [2.75, 3.05) is 9.80 Å². The van der Waals surface area contributed by atoms with Crippen LogP contribution in [-0.4, -0.2) is 11.6 Å². The maximum Gasteiger partial charge on any atom is 0.251 e. The van der Waals surface area contributed by atoms with Crippen LogP contribution in [0.2, 0.25) is 0 Å². The Morgan fingerprint density at radius 1 is 0.891 bits per heavy atom. The second-order valence-electron chi connectivity index (χ2n) is 14.7. The van der Waals surface area contributed by atoms with Gasteiger partial charge >= 0.3 is 0 Å². The lowest BCUT2D eigenvalue weighted by molar-refractivity contribution is 0.393. The highest BCUT2D eigenvalue weighted by molar-refractivity contribution is 6.89. The van der Waals surface area contributed by atoms with Crippen LogP contribution >= 0.6 is 0 Å². The molecule has 0 amide bonds. The van der Waals surface area contributed by atoms with Gasteiger partial charge in [-0.25, -0.2) is 0 Å². The van der Waals surface area contributed by atoms with E-state index in [1.165, 1.54) is 46.2 Å². The summed E-state index contributed by atoms with van der Waals surface area (Å²) in [4.78, 5) is 7.23. The summed E-state index contributed by atoms with van der Waals surface area (Å²) in [5.74, 6) is 0.646. The molecule has 0 radical (unpaired) electrons. The largest absolute Gasteiger partial charge is 0.319 e. The summed E-state index contributed by atoms with van der Waals surface area (Å²) < 4.78 is 0. The van der Waals surface area contributed by atoms with E-state index in [4.69, 9.17) is 6.58 Å². The van der Waals surface area contributed by atoms with E-state index in [1.807, 2.05) is 24.3 Å². The number of para-hydroxylation sites is 2. The smallest absolute Gasteiger partial charge is 0.251 e. The van der Waals surface area contributed by atoms with Gasteiger partial charge in [-0.2, -0.15) is 0 Å². The molecule has 3 nitrogen and oxygen atoms in total. The highest BCUT2D eigenvalue weighted by Crippen LogP contribution is 2.49. The van der Waals surface area contributed by atoms with Crippen molar-refractivity contribution >= 4 is 29.2 Å². The highest BCUT2D eigenvalue weighted by Gasteiger charge is 2.46. The molecule has 0 saturated carbocycles. The number of hydrogen-bond donors (Lipinski definition) is 0. The Hall–Kier alpha value is -5.74. The summed E-state index contributed by atoms with van der Waals surface area (Å²) in [6.45, 7) is 26.4. The number of rotatable bonds is 13. The fraction of sp³-hybridized carbons (Fsp3) is 0.216. The van der Waals surface area contributed by atoms with Gasteiger partial charge in [0.1, 0.15) is 0 Å². The number of fused-ring (bicyclic) bond motifs is 4. The van der Waals surface area contributed by atoms with Crippen molar-refractivity contribution in [3.05, 3.63) is 216 Å². The molecule has 6 rings (SSSR count). The first-order valence-corrected chi connectivity index (χ1v) is 19.8. The molecule has 1 aliphatic carbocycles. The first-order valence-electron chi connectivity index (χ1n) is 19.8. The molecule has 3 aromatic carbocycles. The van der Waals surface area contributed by atoms with Crippen molar-refractivity contribution in [3.63, 3.8) is 0 Å². The fourth-order valence-electron chi connectivity index (χ4n) is 8.21. The third kappa shape index (κ3) is 7.78. The zero-order chi connectivity index (χ0) is 39.1. The van der Waals surface area contributed by atoms with Crippen LogP contribution in [0.3, 0.4) is 0 Å². The molecule has 0 spiro atoms. The van der Waals surface area contributed by atoms with Gasteiger partial charge < -0.3 is 14.7 Å². The molecule has 0 bridgehead atoms. The Morgan fingerprint density at radius 2 is 1.60 bits per heavy atom. The average Bonchev–Trinajstić information content (AvgIpc) is 3.20. The minimum absolute atomic E-state index is 0.00354. The van der Waals surface area contributed by atoms with Crippen LogP contribution in [0.5, 0.6) is 0 Å². The van der Waals surface area contributed by atoms with Crippen LogP contribution in [0.1, 0.15) is 59.9 Å². The Kier molecular flexibility index (Phi) is 12.5. The third-order valence-electron chi connectivity index (χ3n) is 11.1. The van der Waals surface area contributed by atoms with E-state index in [-0.39, 0.29) is 12.6 Å². The molecule has 278 valence electrons. The van der Waals surface area contributed by atoms with Crippen molar-refractivity contribution in [1.82, 2.24) is 4.90 Å². The van der Waals surface area contributed by atoms with Gasteiger partial charge in [0.2, 0.25) is 0 Å². The van der Waals surface area contributed by atoms with Gasteiger partial charge in [0.05, 0.1) is 0 Å². The summed E-state index contributed by atoms with van der Waals surface area (Å²) in [7, 11) is 0. The molecule has 55 heavy (non-hydrogen) atoms. The Balaban J connectivity index is 1.68. The van der Waals surface area contributed by atoms with Gasteiger partial charge in [-0.3, -0.25) is 0 Å². The number of unbranched alkanes of at least 4 members (excludes halogenated alkanes) is 1. The van der Waals surface area contributed by atoms with Gasteiger partial charge in [-0.15, -0.1) is 0 Å². The molecule has 2 heterocycles. The fourth-order valence-corrected chi connectivity index (χ4v) is 8.21. The average molecular weight is 722 g/mol. The maximum absolute atomic E-state index is 4.99. The molecule has 2 atom stereocenters. The van der Waals surface area contributed by atoms with Crippen LogP contribution in [-0.2, 0) is 6.42 Å². The van der Waals surface area contributed by atoms with E-state index in [9.17, 15) is 0 Å². The summed E-state index contributed by atoms with van der Waals surface area (Å²) in [5.41, 5.74) is 15.3. The number of aryl methyl sites for hydroxylation is 1. The van der Waals surface area contributed by atoms with E-state index < -0.39 is 0 Å². The minimum atomic E-state index is 0.00354. The van der Waals surface area contributed by atoms with Crippen molar-refractivity contribution in [1.29, 1.82) is 0 Å². The van der Waals surface area contributed by atoms with E-state index >= 15 is 0 Å². The second kappa shape index (κ2) is 17.6. The summed E-state index contributed by atoms with van der Waals surface area (Å²) in [6.07, 6.45) is 26.9. The van der Waals surface area contributed by atoms with Crippen LogP contribution < -0.4 is 15.3 Å². The number of anilines is 3. The van der Waals surface area contributed by atoms with Crippen LogP contribution in [0.4, 0.5) is 17.1 Å². The molecule has 2 aliphatic heterocycles. The van der Waals surface area contributed by atoms with Crippen LogP contribution in [0.25, 0.3) is 0 Å². The quantitative estimate of drug-likeness (QED) is 0.129. The van der Waals surface area contributed by atoms with Gasteiger partial charge in [0.25, 0.3) is 6.71 Å². The lowest BCUT2D eigenvalue weighted by atomic mass is 9.31. The predicted molar refractivity (Wildman–Crippen MR) is 240 cm³/mol. The molecule has 3 aromatic rings. The van der Waals surface area contributed by atoms with Crippen molar-refractivity contribution in [2.24, 2.45) is 11.8 Å². The van der Waals surface area contributed by atoms with Gasteiger partial charge in [0.15, 0.2) is 0 Å². The first-order chi connectivity index (χ1) is 26.7. The molecule has 0 aromatic heterocycles. The molecular formula is C51H56BN3. The SMILES string of the molecule is C=C/C=C\C=C(/C)N1C(/C=C(\C)N(C(/C=C\C=C)=C/C)c2ccccc2)=C2B(C3=C1C(C)[C@H](C)C=C3)c1ccccc1N(c1ccc(CCCC)cc1)C2=C. The molecular weight excluding hydrogens is 665 g/mol. The second-order valence-corrected chi connectivity index (χ2v) is 14.7. The monoisotopic (exact) mass is 721 g/mol. The van der Waals surface area contributed by atoms with Crippen molar-refractivity contribution in [2.45, 2.75) is 60.8 Å². The molecule has 0 N–H and O–H groups in total. The summed E-state index contributed by atoms with van der Waals surface area (Å²) >= 11 is 0. The normalized spacial score (nSPS) is 19.0. The van der Waals surface area contributed by atoms with Crippen molar-refractivity contribution in [3.8, 4) is 0 Å². The molecule has 4 heteroatoms. The van der Waals surface area contributed by atoms with Crippen LogP contribution in [0.15, 0.2) is 211 Å². The van der Waals surface area contributed by atoms with E-state index in [2.05, 4.69) is 191 Å². The van der Waals surface area contributed by atoms with E-state index in [0.29, 0.717) is 5.92 Å². The highest BCUT2D eigenvalue weighted by atomic mass is 15.2. The molecule has 1 unspecified atom stereocenters. The predicted octanol–water partition coefficient (Wildman–Crippen LogP) is 12.8. The van der Waals surface area contributed by atoms with E-state index in [1.54, 1.807) is 0 Å². The number of benzene rings is 3. The van der Waals surface area contributed by atoms with Crippen molar-refractivity contribution < 1.29 is 0 Å². The first kappa shape index (κ1) is 39.0. The van der Waals surface area contributed by atoms with Gasteiger partial charge in [-0.1, -0.05) is 144 Å². The third-order valence-corrected chi connectivity index (χ3v) is 11.1. The molecule has 0 saturated heterocycles. The van der Waals surface area contributed by atoms with Gasteiger partial charge in [0, 0.05) is 57.2 Å². The number of allylic oxidation sites excluding steroid dienone is 16. The zero-order valence-corrected chi connectivity index (χ0v) is 33.7. The van der Waals surface area contributed by atoms with Gasteiger partial charge in [-0.05, 0) is 110 Å². The maximum atomic E-state index is 4.99. The Labute approximate surface area is 331 Å². The van der Waals surface area contributed by atoms with Crippen LogP contribution in [0, 0.1) is 11.8 Å². The topological polar surface area (TPSA) is 9.72 Å². The minimum Gasteiger partial charge on any atom is -0.319 e. The lowest BCUT2D eigenvalue weighted by Gasteiger charge is -2.48. The molecule has 3 aliphatic rings. The number of hydrogen-bond acceptors (Lipinski definition) is 3. The van der Waals surface area contributed by atoms with E-state index in [0.717, 1.165) is 46.3 Å². The summed E-state index contributed by atoms with van der Waals surface area (Å²) in [5, 5.41) is 0.